The number of thiazole rings is 1. The SMILES string of the molecule is CCN(CC)CCOc1ccc(CNC(=O)CCCCc2nc3ccccc3s2)cc1OC. The average Bonchev–Trinajstić information content (AvgIpc) is 3.26. The number of amides is 1. The highest BCUT2D eigenvalue weighted by molar-refractivity contribution is 7.18. The second kappa shape index (κ2) is 13.2. The predicted molar refractivity (Wildman–Crippen MR) is 135 cm³/mol. The van der Waals surface area contributed by atoms with Crippen LogP contribution in [0.5, 0.6) is 11.5 Å². The number of benzene rings is 2. The molecule has 33 heavy (non-hydrogen) atoms. The number of ether oxygens (including phenoxy) is 2. The average molecular weight is 470 g/mol. The van der Waals surface area contributed by atoms with Gasteiger partial charge in [0.15, 0.2) is 11.5 Å². The maximum absolute atomic E-state index is 12.3. The molecule has 178 valence electrons. The highest BCUT2D eigenvalue weighted by Gasteiger charge is 2.09. The zero-order chi connectivity index (χ0) is 23.5. The van der Waals surface area contributed by atoms with Gasteiger partial charge < -0.3 is 19.7 Å². The van der Waals surface area contributed by atoms with Gasteiger partial charge in [-0.2, -0.15) is 0 Å². The molecule has 0 fully saturated rings. The van der Waals surface area contributed by atoms with Crippen molar-refractivity contribution in [1.29, 1.82) is 0 Å². The monoisotopic (exact) mass is 469 g/mol. The van der Waals surface area contributed by atoms with Gasteiger partial charge in [0.1, 0.15) is 6.61 Å². The van der Waals surface area contributed by atoms with Crippen LogP contribution in [0, 0.1) is 0 Å². The molecule has 0 spiro atoms. The maximum atomic E-state index is 12.3. The van der Waals surface area contributed by atoms with Gasteiger partial charge >= 0.3 is 0 Å². The number of hydrogen-bond acceptors (Lipinski definition) is 6. The van der Waals surface area contributed by atoms with Crippen LogP contribution in [0.15, 0.2) is 42.5 Å². The van der Waals surface area contributed by atoms with Crippen LogP contribution in [-0.4, -0.2) is 49.1 Å². The third-order valence-corrected chi connectivity index (χ3v) is 6.76. The second-order valence-electron chi connectivity index (χ2n) is 7.92. The van der Waals surface area contributed by atoms with Crippen molar-refractivity contribution in [2.75, 3.05) is 33.4 Å². The zero-order valence-corrected chi connectivity index (χ0v) is 20.7. The van der Waals surface area contributed by atoms with E-state index in [1.54, 1.807) is 18.4 Å². The van der Waals surface area contributed by atoms with Crippen LogP contribution in [0.1, 0.15) is 43.7 Å². The van der Waals surface area contributed by atoms with E-state index in [-0.39, 0.29) is 5.91 Å². The van der Waals surface area contributed by atoms with E-state index in [1.807, 2.05) is 36.4 Å². The van der Waals surface area contributed by atoms with Crippen molar-refractivity contribution >= 4 is 27.5 Å². The molecule has 3 aromatic rings. The molecule has 1 N–H and O–H groups in total. The van der Waals surface area contributed by atoms with Gasteiger partial charge in [-0.1, -0.05) is 32.0 Å². The number of nitrogens with zero attached hydrogens (tertiary/aromatic N) is 2. The summed E-state index contributed by atoms with van der Waals surface area (Å²) in [5, 5.41) is 4.15. The molecule has 0 saturated carbocycles. The fraction of sp³-hybridized carbons (Fsp3) is 0.462. The first-order chi connectivity index (χ1) is 16.1. The molecule has 0 unspecified atom stereocenters. The minimum absolute atomic E-state index is 0.0674. The van der Waals surface area contributed by atoms with Crippen molar-refractivity contribution in [3.05, 3.63) is 53.0 Å². The minimum Gasteiger partial charge on any atom is -0.493 e. The second-order valence-corrected chi connectivity index (χ2v) is 9.03. The third kappa shape index (κ3) is 7.72. The summed E-state index contributed by atoms with van der Waals surface area (Å²) in [6, 6.07) is 14.0. The molecule has 2 aromatic carbocycles. The Morgan fingerprint density at radius 3 is 2.67 bits per heavy atom. The molecule has 0 saturated heterocycles. The van der Waals surface area contributed by atoms with E-state index in [2.05, 4.69) is 35.1 Å². The summed E-state index contributed by atoms with van der Waals surface area (Å²) in [5.74, 6) is 1.49. The number of methoxy groups -OCH3 is 1. The van der Waals surface area contributed by atoms with Crippen molar-refractivity contribution in [2.45, 2.75) is 46.1 Å². The van der Waals surface area contributed by atoms with Crippen molar-refractivity contribution < 1.29 is 14.3 Å². The molecular weight excluding hydrogens is 434 g/mol. The molecule has 0 aliphatic carbocycles. The number of carbonyl (C=O) groups is 1. The number of fused-ring (bicyclic) bond motifs is 1. The Morgan fingerprint density at radius 2 is 1.91 bits per heavy atom. The Hall–Kier alpha value is -2.64. The molecule has 6 nitrogen and oxygen atoms in total. The molecule has 1 amide bonds. The number of aromatic nitrogens is 1. The van der Waals surface area contributed by atoms with E-state index in [1.165, 1.54) is 4.70 Å². The third-order valence-electron chi connectivity index (χ3n) is 5.66. The summed E-state index contributed by atoms with van der Waals surface area (Å²) in [7, 11) is 1.64. The number of aryl methyl sites for hydroxylation is 1. The lowest BCUT2D eigenvalue weighted by molar-refractivity contribution is -0.121. The van der Waals surface area contributed by atoms with Gasteiger partial charge in [0, 0.05) is 19.5 Å². The number of likely N-dealkylation sites (N-methyl/N-ethyl adjacent to an activating group) is 1. The molecule has 0 bridgehead atoms. The van der Waals surface area contributed by atoms with Gasteiger partial charge in [0.25, 0.3) is 0 Å². The number of nitrogens with one attached hydrogen (secondary N) is 1. The van der Waals surface area contributed by atoms with E-state index < -0.39 is 0 Å². The molecule has 0 radical (unpaired) electrons. The van der Waals surface area contributed by atoms with Crippen LogP contribution in [0.4, 0.5) is 0 Å². The fourth-order valence-corrected chi connectivity index (χ4v) is 4.65. The number of para-hydroxylation sites is 1. The van der Waals surface area contributed by atoms with Crippen LogP contribution in [0.25, 0.3) is 10.2 Å². The lowest BCUT2D eigenvalue weighted by Gasteiger charge is -2.19. The van der Waals surface area contributed by atoms with Crippen LogP contribution in [0.2, 0.25) is 0 Å². The Morgan fingerprint density at radius 1 is 1.09 bits per heavy atom. The summed E-state index contributed by atoms with van der Waals surface area (Å²) in [6.07, 6.45) is 3.25. The lowest BCUT2D eigenvalue weighted by atomic mass is 10.1. The van der Waals surface area contributed by atoms with E-state index in [9.17, 15) is 4.79 Å². The number of rotatable bonds is 14. The zero-order valence-electron chi connectivity index (χ0n) is 19.9. The van der Waals surface area contributed by atoms with Crippen LogP contribution in [-0.2, 0) is 17.8 Å². The molecule has 7 heteroatoms. The topological polar surface area (TPSA) is 63.7 Å². The molecule has 3 rings (SSSR count). The molecule has 0 aliphatic heterocycles. The lowest BCUT2D eigenvalue weighted by Crippen LogP contribution is -2.28. The highest BCUT2D eigenvalue weighted by atomic mass is 32.1. The first-order valence-electron chi connectivity index (χ1n) is 11.8. The quantitative estimate of drug-likeness (QED) is 0.335. The molecular formula is C26H35N3O3S. The number of unbranched alkanes of at least 4 members (excludes halogenated alkanes) is 1. The number of carbonyl (C=O) groups excluding carboxylic acids is 1. The normalized spacial score (nSPS) is 11.2. The molecule has 0 atom stereocenters. The van der Waals surface area contributed by atoms with Gasteiger partial charge in [-0.3, -0.25) is 4.79 Å². The van der Waals surface area contributed by atoms with E-state index in [0.29, 0.717) is 25.3 Å². The van der Waals surface area contributed by atoms with Crippen molar-refractivity contribution in [3.63, 3.8) is 0 Å². The predicted octanol–water partition coefficient (Wildman–Crippen LogP) is 5.05. The van der Waals surface area contributed by atoms with Gasteiger partial charge in [-0.25, -0.2) is 4.98 Å². The van der Waals surface area contributed by atoms with Crippen LogP contribution < -0.4 is 14.8 Å². The maximum Gasteiger partial charge on any atom is 0.220 e. The van der Waals surface area contributed by atoms with Crippen molar-refractivity contribution in [2.24, 2.45) is 0 Å². The van der Waals surface area contributed by atoms with E-state index >= 15 is 0 Å². The first-order valence-corrected chi connectivity index (χ1v) is 12.6. The standard InChI is InChI=1S/C26H35N3O3S/c1-4-29(5-2)16-17-32-22-15-14-20(18-23(22)31-3)19-27-25(30)12-8-9-13-26-28-21-10-6-7-11-24(21)33-26/h6-7,10-11,14-15,18H,4-5,8-9,12-13,16-17,19H2,1-3H3,(H,27,30). The minimum atomic E-state index is 0.0674. The first kappa shape index (κ1) is 25.0. The Bertz CT molecular complexity index is 984. The van der Waals surface area contributed by atoms with Gasteiger partial charge in [0.2, 0.25) is 5.91 Å². The molecule has 1 aromatic heterocycles. The Balaban J connectivity index is 1.38. The summed E-state index contributed by atoms with van der Waals surface area (Å²) in [6.45, 7) is 8.30. The summed E-state index contributed by atoms with van der Waals surface area (Å²) < 4.78 is 12.6. The molecule has 1 heterocycles. The molecule has 0 aliphatic rings. The van der Waals surface area contributed by atoms with E-state index in [4.69, 9.17) is 9.47 Å². The fourth-order valence-electron chi connectivity index (χ4n) is 3.64. The Labute approximate surface area is 200 Å². The van der Waals surface area contributed by atoms with Crippen molar-refractivity contribution in [3.8, 4) is 11.5 Å². The number of hydrogen-bond donors (Lipinski definition) is 1. The van der Waals surface area contributed by atoms with Gasteiger partial charge in [-0.05, 0) is 62.2 Å². The van der Waals surface area contributed by atoms with Gasteiger partial charge in [-0.15, -0.1) is 11.3 Å². The smallest absolute Gasteiger partial charge is 0.220 e. The van der Waals surface area contributed by atoms with Crippen LogP contribution in [0.3, 0.4) is 0 Å². The largest absolute Gasteiger partial charge is 0.493 e. The Kier molecular flexibility index (Phi) is 9.97. The summed E-state index contributed by atoms with van der Waals surface area (Å²) >= 11 is 1.74. The van der Waals surface area contributed by atoms with Crippen LogP contribution >= 0.6 is 11.3 Å². The van der Waals surface area contributed by atoms with Crippen molar-refractivity contribution in [1.82, 2.24) is 15.2 Å². The van der Waals surface area contributed by atoms with Gasteiger partial charge in [0.05, 0.1) is 22.3 Å². The van der Waals surface area contributed by atoms with E-state index in [0.717, 1.165) is 60.7 Å². The summed E-state index contributed by atoms with van der Waals surface area (Å²) in [5.41, 5.74) is 2.05. The summed E-state index contributed by atoms with van der Waals surface area (Å²) in [4.78, 5) is 19.2. The highest BCUT2D eigenvalue weighted by Crippen LogP contribution is 2.28.